The summed E-state index contributed by atoms with van der Waals surface area (Å²) in [5.41, 5.74) is 4.49. The molecule has 9 heteroatoms. The van der Waals surface area contributed by atoms with Gasteiger partial charge < -0.3 is 15.2 Å². The minimum atomic E-state index is 0. The van der Waals surface area contributed by atoms with Gasteiger partial charge in [-0.2, -0.15) is 10.1 Å². The van der Waals surface area contributed by atoms with E-state index in [4.69, 9.17) is 9.97 Å². The molecule has 2 aliphatic heterocycles. The number of anilines is 1. The Labute approximate surface area is 161 Å². The normalized spacial score (nSPS) is 21.7. The van der Waals surface area contributed by atoms with E-state index in [-0.39, 0.29) is 12.4 Å². The highest BCUT2D eigenvalue weighted by Gasteiger charge is 2.37. The minimum Gasteiger partial charge on any atom is -0.341 e. The van der Waals surface area contributed by atoms with Gasteiger partial charge in [-0.05, 0) is 17.9 Å². The van der Waals surface area contributed by atoms with Crippen LogP contribution in [0, 0.1) is 11.8 Å². The predicted molar refractivity (Wildman–Crippen MR) is 106 cm³/mol. The van der Waals surface area contributed by atoms with Crippen molar-refractivity contribution in [3.63, 3.8) is 0 Å². The first-order chi connectivity index (χ1) is 12.8. The van der Waals surface area contributed by atoms with Gasteiger partial charge in [0.2, 0.25) is 5.95 Å². The van der Waals surface area contributed by atoms with Crippen LogP contribution in [0.1, 0.15) is 0 Å². The number of hydrogen-bond donors (Lipinski definition) is 3. The summed E-state index contributed by atoms with van der Waals surface area (Å²) in [4.78, 5) is 19.5. The molecule has 0 aliphatic carbocycles. The van der Waals surface area contributed by atoms with E-state index in [1.165, 1.54) is 0 Å². The molecule has 3 N–H and O–H groups in total. The summed E-state index contributed by atoms with van der Waals surface area (Å²) in [5.74, 6) is 2.16. The average molecular weight is 383 g/mol. The molecule has 2 unspecified atom stereocenters. The number of imidazole rings is 1. The molecular formula is C18H19ClN8. The van der Waals surface area contributed by atoms with Crippen molar-refractivity contribution >= 4 is 40.4 Å². The molecule has 3 aromatic heterocycles. The molecule has 0 amide bonds. The molecule has 6 rings (SSSR count). The van der Waals surface area contributed by atoms with E-state index in [1.54, 1.807) is 6.33 Å². The SMILES string of the molecule is Cl.c1nc2nc(N3CC4CNCC4C3)nc(-c3ccc4cn[nH]c4c3)c2[nH]1. The second-order valence-electron chi connectivity index (χ2n) is 7.23. The van der Waals surface area contributed by atoms with Gasteiger partial charge in [0, 0.05) is 37.1 Å². The first kappa shape index (κ1) is 16.5. The third kappa shape index (κ3) is 2.55. The number of aromatic nitrogens is 6. The third-order valence-corrected chi connectivity index (χ3v) is 5.66. The molecule has 0 spiro atoms. The van der Waals surface area contributed by atoms with Crippen LogP contribution < -0.4 is 10.2 Å². The quantitative estimate of drug-likeness (QED) is 0.490. The van der Waals surface area contributed by atoms with Crippen molar-refractivity contribution in [2.75, 3.05) is 31.1 Å². The van der Waals surface area contributed by atoms with Crippen molar-refractivity contribution in [2.24, 2.45) is 11.8 Å². The first-order valence-electron chi connectivity index (χ1n) is 8.95. The molecule has 5 heterocycles. The number of hydrogen-bond acceptors (Lipinski definition) is 6. The van der Waals surface area contributed by atoms with E-state index in [9.17, 15) is 0 Å². The lowest BCUT2D eigenvalue weighted by Gasteiger charge is -2.18. The Kier molecular flexibility index (Phi) is 3.76. The van der Waals surface area contributed by atoms with Gasteiger partial charge in [-0.25, -0.2) is 9.97 Å². The molecule has 2 atom stereocenters. The maximum absolute atomic E-state index is 4.93. The van der Waals surface area contributed by atoms with Crippen LogP contribution in [0.25, 0.3) is 33.3 Å². The predicted octanol–water partition coefficient (Wildman–Crippen LogP) is 1.97. The van der Waals surface area contributed by atoms with E-state index < -0.39 is 0 Å². The Balaban J connectivity index is 0.00000160. The van der Waals surface area contributed by atoms with Crippen molar-refractivity contribution in [3.8, 4) is 11.3 Å². The highest BCUT2D eigenvalue weighted by Crippen LogP contribution is 2.32. The highest BCUT2D eigenvalue weighted by molar-refractivity contribution is 5.91. The van der Waals surface area contributed by atoms with Gasteiger partial charge in [0.25, 0.3) is 0 Å². The molecule has 0 saturated carbocycles. The molecule has 2 saturated heterocycles. The van der Waals surface area contributed by atoms with Gasteiger partial charge in [-0.15, -0.1) is 12.4 Å². The molecule has 0 radical (unpaired) electrons. The molecule has 0 bridgehead atoms. The van der Waals surface area contributed by atoms with E-state index >= 15 is 0 Å². The van der Waals surface area contributed by atoms with Crippen molar-refractivity contribution in [1.29, 1.82) is 0 Å². The Morgan fingerprint density at radius 2 is 1.93 bits per heavy atom. The smallest absolute Gasteiger partial charge is 0.228 e. The average Bonchev–Trinajstić information content (AvgIpc) is 3.42. The van der Waals surface area contributed by atoms with Crippen LogP contribution in [0.5, 0.6) is 0 Å². The van der Waals surface area contributed by atoms with Crippen LogP contribution in [-0.4, -0.2) is 56.3 Å². The van der Waals surface area contributed by atoms with Gasteiger partial charge >= 0.3 is 0 Å². The molecule has 2 aliphatic rings. The second kappa shape index (κ2) is 6.17. The number of rotatable bonds is 2. The summed E-state index contributed by atoms with van der Waals surface area (Å²) in [5, 5.41) is 11.7. The van der Waals surface area contributed by atoms with Crippen LogP contribution in [0.4, 0.5) is 5.95 Å². The first-order valence-corrected chi connectivity index (χ1v) is 8.95. The number of benzene rings is 1. The molecule has 138 valence electrons. The van der Waals surface area contributed by atoms with Gasteiger partial charge in [-0.1, -0.05) is 12.1 Å². The van der Waals surface area contributed by atoms with Crippen LogP contribution in [0.2, 0.25) is 0 Å². The molecular weight excluding hydrogens is 364 g/mol. The number of H-pyrrole nitrogens is 2. The fourth-order valence-corrected chi connectivity index (χ4v) is 4.28. The third-order valence-electron chi connectivity index (χ3n) is 5.66. The van der Waals surface area contributed by atoms with Crippen LogP contribution >= 0.6 is 12.4 Å². The highest BCUT2D eigenvalue weighted by atomic mass is 35.5. The Bertz CT molecular complexity index is 1110. The Hall–Kier alpha value is -2.71. The topological polar surface area (TPSA) is 98.4 Å². The standard InChI is InChI=1S/C18H18N8.ClH/c1-2-11-6-22-25-14(11)3-10(1)15-16-17(21-9-20-16)24-18(23-15)26-7-12-4-19-5-13(12)8-26;/h1-3,6,9,12-13,19H,4-5,7-8H2,(H,22,25)(H,20,21,23,24);1H. The summed E-state index contributed by atoms with van der Waals surface area (Å²) >= 11 is 0. The van der Waals surface area contributed by atoms with Gasteiger partial charge in [0.1, 0.15) is 11.2 Å². The second-order valence-corrected chi connectivity index (χ2v) is 7.23. The molecule has 8 nitrogen and oxygen atoms in total. The van der Waals surface area contributed by atoms with Crippen molar-refractivity contribution in [3.05, 3.63) is 30.7 Å². The lowest BCUT2D eigenvalue weighted by Crippen LogP contribution is -2.27. The summed E-state index contributed by atoms with van der Waals surface area (Å²) in [6, 6.07) is 6.22. The van der Waals surface area contributed by atoms with Gasteiger partial charge in [-0.3, -0.25) is 5.10 Å². The van der Waals surface area contributed by atoms with Crippen molar-refractivity contribution < 1.29 is 0 Å². The zero-order valence-electron chi connectivity index (χ0n) is 14.5. The van der Waals surface area contributed by atoms with E-state index in [2.05, 4.69) is 48.6 Å². The maximum Gasteiger partial charge on any atom is 0.228 e. The van der Waals surface area contributed by atoms with Crippen molar-refractivity contribution in [1.82, 2.24) is 35.5 Å². The Morgan fingerprint density at radius 1 is 1.07 bits per heavy atom. The number of fused-ring (bicyclic) bond motifs is 3. The van der Waals surface area contributed by atoms with Crippen LogP contribution in [0.15, 0.2) is 30.7 Å². The number of halogens is 1. The molecule has 4 aromatic rings. The van der Waals surface area contributed by atoms with Gasteiger partial charge in [0.15, 0.2) is 5.65 Å². The van der Waals surface area contributed by atoms with Crippen molar-refractivity contribution in [2.45, 2.75) is 0 Å². The zero-order chi connectivity index (χ0) is 17.1. The van der Waals surface area contributed by atoms with E-state index in [1.807, 2.05) is 6.20 Å². The number of aromatic amines is 2. The Morgan fingerprint density at radius 3 is 2.78 bits per heavy atom. The monoisotopic (exact) mass is 382 g/mol. The lowest BCUT2D eigenvalue weighted by atomic mass is 10.0. The summed E-state index contributed by atoms with van der Waals surface area (Å²) in [6.07, 6.45) is 3.51. The summed E-state index contributed by atoms with van der Waals surface area (Å²) in [7, 11) is 0. The molecule has 2 fully saturated rings. The lowest BCUT2D eigenvalue weighted by molar-refractivity contribution is 0.533. The molecule has 27 heavy (non-hydrogen) atoms. The number of nitrogens with zero attached hydrogens (tertiary/aromatic N) is 5. The number of nitrogens with one attached hydrogen (secondary N) is 3. The summed E-state index contributed by atoms with van der Waals surface area (Å²) in [6.45, 7) is 4.20. The fraction of sp³-hybridized carbons (Fsp3) is 0.333. The van der Waals surface area contributed by atoms with Gasteiger partial charge in [0.05, 0.1) is 18.0 Å². The molecule has 1 aromatic carbocycles. The van der Waals surface area contributed by atoms with Crippen LogP contribution in [0.3, 0.4) is 0 Å². The largest absolute Gasteiger partial charge is 0.341 e. The van der Waals surface area contributed by atoms with E-state index in [0.29, 0.717) is 17.5 Å². The zero-order valence-corrected chi connectivity index (χ0v) is 15.3. The van der Waals surface area contributed by atoms with Crippen LogP contribution in [-0.2, 0) is 0 Å². The fourth-order valence-electron chi connectivity index (χ4n) is 4.28. The maximum atomic E-state index is 4.93. The summed E-state index contributed by atoms with van der Waals surface area (Å²) < 4.78 is 0. The minimum absolute atomic E-state index is 0. The van der Waals surface area contributed by atoms with E-state index in [0.717, 1.165) is 59.8 Å².